The summed E-state index contributed by atoms with van der Waals surface area (Å²) in [5, 5.41) is 8.84. The highest BCUT2D eigenvalue weighted by atomic mass is 16.2. The Balaban J connectivity index is 1.84. The average molecular weight is 240 g/mol. The fourth-order valence-corrected chi connectivity index (χ4v) is 3.47. The number of nitrogens with zero attached hydrogens (tertiary/aromatic N) is 2. The van der Waals surface area contributed by atoms with Gasteiger partial charge in [0.05, 0.1) is 0 Å². The van der Waals surface area contributed by atoms with Crippen LogP contribution in [0.25, 0.3) is 0 Å². The molecule has 2 rings (SSSR count). The number of unbranched alkanes of at least 4 members (excludes halogenated alkanes) is 1. The second kappa shape index (κ2) is 6.17. The maximum absolute atomic E-state index is 8.84. The SMILES string of the molecule is CC(C)N1CC2CCN(CCCCO)CC1C2. The molecule has 0 spiro atoms. The number of aliphatic hydroxyl groups is 1. The molecule has 0 saturated carbocycles. The minimum atomic E-state index is 0.345. The number of hydrogen-bond donors (Lipinski definition) is 1. The molecule has 100 valence electrons. The van der Waals surface area contributed by atoms with E-state index in [1.54, 1.807) is 0 Å². The first-order chi connectivity index (χ1) is 8.20. The van der Waals surface area contributed by atoms with Gasteiger partial charge in [-0.2, -0.15) is 0 Å². The van der Waals surface area contributed by atoms with E-state index >= 15 is 0 Å². The standard InChI is InChI=1S/C14H28N2O/c1-12(2)16-10-13-5-7-15(6-3-4-8-17)11-14(16)9-13/h12-14,17H,3-11H2,1-2H3. The molecule has 0 aliphatic carbocycles. The summed E-state index contributed by atoms with van der Waals surface area (Å²) < 4.78 is 0. The number of rotatable bonds is 5. The Morgan fingerprint density at radius 1 is 1.24 bits per heavy atom. The summed E-state index contributed by atoms with van der Waals surface area (Å²) in [6.07, 6.45) is 4.89. The lowest BCUT2D eigenvalue weighted by molar-refractivity contribution is 0.131. The molecule has 0 radical (unpaired) electrons. The maximum atomic E-state index is 8.84. The van der Waals surface area contributed by atoms with Crippen LogP contribution in [-0.4, -0.2) is 59.8 Å². The number of aliphatic hydroxyl groups excluding tert-OH is 1. The van der Waals surface area contributed by atoms with Crippen LogP contribution in [0.5, 0.6) is 0 Å². The van der Waals surface area contributed by atoms with Crippen LogP contribution in [0, 0.1) is 5.92 Å². The number of likely N-dealkylation sites (tertiary alicyclic amines) is 2. The number of hydrogen-bond acceptors (Lipinski definition) is 3. The third-order valence-corrected chi connectivity index (χ3v) is 4.41. The molecule has 2 unspecified atom stereocenters. The van der Waals surface area contributed by atoms with E-state index in [2.05, 4.69) is 23.6 Å². The molecule has 17 heavy (non-hydrogen) atoms. The lowest BCUT2D eigenvalue weighted by Gasteiger charge is -2.34. The van der Waals surface area contributed by atoms with Crippen molar-refractivity contribution in [1.82, 2.24) is 9.80 Å². The van der Waals surface area contributed by atoms with Gasteiger partial charge in [-0.1, -0.05) is 0 Å². The first-order valence-corrected chi connectivity index (χ1v) is 7.29. The summed E-state index contributed by atoms with van der Waals surface area (Å²) in [6, 6.07) is 1.49. The molecule has 2 atom stereocenters. The van der Waals surface area contributed by atoms with Crippen LogP contribution in [0.4, 0.5) is 0 Å². The minimum absolute atomic E-state index is 0.345. The van der Waals surface area contributed by atoms with Gasteiger partial charge in [-0.05, 0) is 58.5 Å². The highest BCUT2D eigenvalue weighted by molar-refractivity contribution is 4.91. The molecule has 2 heterocycles. The van der Waals surface area contributed by atoms with Crippen LogP contribution >= 0.6 is 0 Å². The van der Waals surface area contributed by atoms with Crippen molar-refractivity contribution in [3.05, 3.63) is 0 Å². The van der Waals surface area contributed by atoms with Crippen LogP contribution in [0.2, 0.25) is 0 Å². The minimum Gasteiger partial charge on any atom is -0.396 e. The predicted octanol–water partition coefficient (Wildman–Crippen LogP) is 1.56. The molecule has 3 nitrogen and oxygen atoms in total. The molecule has 3 heteroatoms. The number of fused-ring (bicyclic) bond motifs is 2. The summed E-state index contributed by atoms with van der Waals surface area (Å²) in [5.41, 5.74) is 0. The van der Waals surface area contributed by atoms with Gasteiger partial charge in [-0.3, -0.25) is 4.90 Å². The fraction of sp³-hybridized carbons (Fsp3) is 1.00. The van der Waals surface area contributed by atoms with E-state index in [1.165, 1.54) is 39.0 Å². The van der Waals surface area contributed by atoms with Crippen molar-refractivity contribution in [3.8, 4) is 0 Å². The second-order valence-corrected chi connectivity index (χ2v) is 6.07. The van der Waals surface area contributed by atoms with Crippen molar-refractivity contribution in [2.45, 2.75) is 51.6 Å². The van der Waals surface area contributed by atoms with Crippen molar-refractivity contribution in [3.63, 3.8) is 0 Å². The zero-order valence-corrected chi connectivity index (χ0v) is 11.4. The summed E-state index contributed by atoms with van der Waals surface area (Å²) in [6.45, 7) is 10.0. The molecule has 0 aromatic rings. The van der Waals surface area contributed by atoms with Crippen molar-refractivity contribution in [2.24, 2.45) is 5.92 Å². The highest BCUT2D eigenvalue weighted by Gasteiger charge is 2.36. The van der Waals surface area contributed by atoms with Gasteiger partial charge in [0, 0.05) is 31.8 Å². The van der Waals surface area contributed by atoms with E-state index in [4.69, 9.17) is 5.11 Å². The van der Waals surface area contributed by atoms with Gasteiger partial charge in [0.2, 0.25) is 0 Å². The van der Waals surface area contributed by atoms with E-state index in [-0.39, 0.29) is 0 Å². The van der Waals surface area contributed by atoms with Crippen LogP contribution in [0.1, 0.15) is 39.5 Å². The zero-order chi connectivity index (χ0) is 12.3. The van der Waals surface area contributed by atoms with E-state index in [0.717, 1.165) is 24.8 Å². The van der Waals surface area contributed by atoms with E-state index in [0.29, 0.717) is 12.6 Å². The summed E-state index contributed by atoms with van der Waals surface area (Å²) in [5.74, 6) is 0.935. The van der Waals surface area contributed by atoms with Gasteiger partial charge in [0.15, 0.2) is 0 Å². The predicted molar refractivity (Wildman–Crippen MR) is 71.1 cm³/mol. The topological polar surface area (TPSA) is 26.7 Å². The Hall–Kier alpha value is -0.120. The Bertz CT molecular complexity index is 232. The van der Waals surface area contributed by atoms with Gasteiger partial charge in [-0.15, -0.1) is 0 Å². The lowest BCUT2D eigenvalue weighted by Crippen LogP contribution is -2.44. The van der Waals surface area contributed by atoms with Crippen LogP contribution < -0.4 is 0 Å². The molecular weight excluding hydrogens is 212 g/mol. The monoisotopic (exact) mass is 240 g/mol. The molecule has 1 N–H and O–H groups in total. The lowest BCUT2D eigenvalue weighted by atomic mass is 10.0. The van der Waals surface area contributed by atoms with Crippen molar-refractivity contribution >= 4 is 0 Å². The van der Waals surface area contributed by atoms with Crippen LogP contribution in [0.3, 0.4) is 0 Å². The molecule has 2 saturated heterocycles. The quantitative estimate of drug-likeness (QED) is 0.739. The smallest absolute Gasteiger partial charge is 0.0431 e. The van der Waals surface area contributed by atoms with Gasteiger partial charge in [0.25, 0.3) is 0 Å². The van der Waals surface area contributed by atoms with Crippen LogP contribution in [-0.2, 0) is 0 Å². The second-order valence-electron chi connectivity index (χ2n) is 6.07. The third kappa shape index (κ3) is 3.43. The molecular formula is C14H28N2O. The van der Waals surface area contributed by atoms with Gasteiger partial charge < -0.3 is 10.0 Å². The van der Waals surface area contributed by atoms with E-state index in [9.17, 15) is 0 Å². The van der Waals surface area contributed by atoms with Crippen molar-refractivity contribution in [2.75, 3.05) is 32.8 Å². The molecule has 2 bridgehead atoms. The van der Waals surface area contributed by atoms with Gasteiger partial charge in [0.1, 0.15) is 0 Å². The fourth-order valence-electron chi connectivity index (χ4n) is 3.47. The summed E-state index contributed by atoms with van der Waals surface area (Å²) in [4.78, 5) is 5.32. The maximum Gasteiger partial charge on any atom is 0.0431 e. The summed E-state index contributed by atoms with van der Waals surface area (Å²) in [7, 11) is 0. The highest BCUT2D eigenvalue weighted by Crippen LogP contribution is 2.31. The Kier molecular flexibility index (Phi) is 4.83. The first kappa shape index (κ1) is 13.3. The molecule has 2 fully saturated rings. The Labute approximate surface area is 106 Å². The van der Waals surface area contributed by atoms with Crippen molar-refractivity contribution < 1.29 is 5.11 Å². The molecule has 0 aromatic carbocycles. The molecule has 2 aliphatic rings. The van der Waals surface area contributed by atoms with E-state index < -0.39 is 0 Å². The van der Waals surface area contributed by atoms with Crippen LogP contribution in [0.15, 0.2) is 0 Å². The van der Waals surface area contributed by atoms with Gasteiger partial charge >= 0.3 is 0 Å². The zero-order valence-electron chi connectivity index (χ0n) is 11.4. The van der Waals surface area contributed by atoms with Crippen molar-refractivity contribution in [1.29, 1.82) is 0 Å². The molecule has 2 aliphatic heterocycles. The Morgan fingerprint density at radius 3 is 2.76 bits per heavy atom. The van der Waals surface area contributed by atoms with Gasteiger partial charge in [-0.25, -0.2) is 0 Å². The first-order valence-electron chi connectivity index (χ1n) is 7.29. The molecule has 0 aromatic heterocycles. The molecule has 0 amide bonds. The summed E-state index contributed by atoms with van der Waals surface area (Å²) >= 11 is 0. The largest absolute Gasteiger partial charge is 0.396 e. The Morgan fingerprint density at radius 2 is 2.06 bits per heavy atom. The normalized spacial score (nSPS) is 31.1. The average Bonchev–Trinajstić information content (AvgIpc) is 2.56. The third-order valence-electron chi connectivity index (χ3n) is 4.41. The van der Waals surface area contributed by atoms with E-state index in [1.807, 2.05) is 0 Å².